The maximum Gasteiger partial charge on any atom is 0.270 e. The van der Waals surface area contributed by atoms with Crippen molar-refractivity contribution in [3.63, 3.8) is 0 Å². The van der Waals surface area contributed by atoms with Crippen LogP contribution in [0.25, 0.3) is 0 Å². The molecule has 3 heteroatoms. The average Bonchev–Trinajstić information content (AvgIpc) is 2.67. The largest absolute Gasteiger partial charge is 0.270 e. The molecular weight excluding hydrogens is 210 g/mol. The number of benzene rings is 1. The van der Waals surface area contributed by atoms with Crippen molar-refractivity contribution >= 4 is 27.9 Å². The van der Waals surface area contributed by atoms with Crippen LogP contribution in [0.1, 0.15) is 5.56 Å². The molecule has 0 saturated heterocycles. The highest BCUT2D eigenvalue weighted by Crippen LogP contribution is 2.21. The molecule has 0 amide bonds. The molecule has 0 atom stereocenters. The number of nitrogens with zero attached hydrogens (tertiary/aromatic N) is 1. The van der Waals surface area contributed by atoms with Crippen molar-refractivity contribution in [1.29, 1.82) is 0 Å². The first kappa shape index (κ1) is 10.1. The minimum absolute atomic E-state index is 1.06. The summed E-state index contributed by atoms with van der Waals surface area (Å²) in [6, 6.07) is 10.7. The van der Waals surface area contributed by atoms with Gasteiger partial charge in [-0.25, -0.2) is 4.58 Å². The lowest BCUT2D eigenvalue weighted by atomic mass is 10.2. The number of rotatable bonds is 2. The van der Waals surface area contributed by atoms with Crippen LogP contribution in [-0.4, -0.2) is 27.5 Å². The molecule has 0 unspecified atom stereocenters. The minimum atomic E-state index is 1.06. The zero-order valence-corrected chi connectivity index (χ0v) is 9.90. The lowest BCUT2D eigenvalue weighted by molar-refractivity contribution is -0.531. The van der Waals surface area contributed by atoms with E-state index >= 15 is 0 Å². The Balaban J connectivity index is 2.11. The van der Waals surface area contributed by atoms with Gasteiger partial charge in [0, 0.05) is 5.56 Å². The van der Waals surface area contributed by atoms with Crippen molar-refractivity contribution < 1.29 is 4.58 Å². The van der Waals surface area contributed by atoms with Crippen LogP contribution in [0.4, 0.5) is 0 Å². The van der Waals surface area contributed by atoms with Gasteiger partial charge in [-0.3, -0.25) is 0 Å². The molecule has 0 N–H and O–H groups in total. The molecular formula is C11H14NS2+. The molecule has 0 spiro atoms. The SMILES string of the molecule is CSC1=[N+](Cc2ccccc2)CCS1. The Hall–Kier alpha value is -0.410. The molecule has 0 aromatic heterocycles. The molecule has 1 aliphatic rings. The second-order valence-corrected chi connectivity index (χ2v) is 5.36. The van der Waals surface area contributed by atoms with Gasteiger partial charge in [0.25, 0.3) is 4.38 Å². The van der Waals surface area contributed by atoms with Crippen molar-refractivity contribution in [3.05, 3.63) is 35.9 Å². The summed E-state index contributed by atoms with van der Waals surface area (Å²) in [7, 11) is 0. The highest BCUT2D eigenvalue weighted by Gasteiger charge is 2.21. The molecule has 0 radical (unpaired) electrons. The second-order valence-electron chi connectivity index (χ2n) is 3.23. The van der Waals surface area contributed by atoms with Gasteiger partial charge in [0.1, 0.15) is 0 Å². The van der Waals surface area contributed by atoms with E-state index in [1.165, 1.54) is 22.2 Å². The van der Waals surface area contributed by atoms with E-state index in [1.807, 2.05) is 23.5 Å². The van der Waals surface area contributed by atoms with Crippen molar-refractivity contribution in [2.24, 2.45) is 0 Å². The molecule has 1 aliphatic heterocycles. The number of thioether (sulfide) groups is 2. The zero-order valence-electron chi connectivity index (χ0n) is 8.27. The average molecular weight is 224 g/mol. The van der Waals surface area contributed by atoms with Gasteiger partial charge in [0.15, 0.2) is 13.1 Å². The standard InChI is InChI=1S/C11H14NS2/c1-13-11-12(7-8-14-11)9-10-5-3-2-4-6-10/h2-6H,7-9H2,1H3/q+1. The van der Waals surface area contributed by atoms with E-state index in [9.17, 15) is 0 Å². The predicted octanol–water partition coefficient (Wildman–Crippen LogP) is 2.66. The third kappa shape index (κ3) is 2.34. The summed E-state index contributed by atoms with van der Waals surface area (Å²) < 4.78 is 3.93. The van der Waals surface area contributed by atoms with Crippen molar-refractivity contribution in [3.8, 4) is 0 Å². The van der Waals surface area contributed by atoms with Gasteiger partial charge in [-0.2, -0.15) is 0 Å². The summed E-state index contributed by atoms with van der Waals surface area (Å²) >= 11 is 3.84. The van der Waals surface area contributed by atoms with Gasteiger partial charge in [0.2, 0.25) is 0 Å². The molecule has 0 aliphatic carbocycles. The Morgan fingerprint density at radius 3 is 2.86 bits per heavy atom. The smallest absolute Gasteiger partial charge is 0.213 e. The third-order valence-electron chi connectivity index (χ3n) is 2.24. The molecule has 1 heterocycles. The highest BCUT2D eigenvalue weighted by atomic mass is 32.2. The van der Waals surface area contributed by atoms with Crippen molar-refractivity contribution in [2.75, 3.05) is 18.6 Å². The van der Waals surface area contributed by atoms with E-state index < -0.39 is 0 Å². The van der Waals surface area contributed by atoms with Gasteiger partial charge in [-0.15, -0.1) is 0 Å². The van der Waals surface area contributed by atoms with Crippen LogP contribution in [0.5, 0.6) is 0 Å². The zero-order chi connectivity index (χ0) is 9.80. The Kier molecular flexibility index (Phi) is 3.54. The minimum Gasteiger partial charge on any atom is -0.213 e. The molecule has 74 valence electrons. The normalized spacial score (nSPS) is 16.4. The van der Waals surface area contributed by atoms with E-state index in [-0.39, 0.29) is 0 Å². The summed E-state index contributed by atoms with van der Waals surface area (Å²) in [5.74, 6) is 1.24. The first-order valence-electron chi connectivity index (χ1n) is 4.73. The monoisotopic (exact) mass is 224 g/mol. The quantitative estimate of drug-likeness (QED) is 0.710. The topological polar surface area (TPSA) is 3.01 Å². The summed E-state index contributed by atoms with van der Waals surface area (Å²) in [5.41, 5.74) is 1.40. The van der Waals surface area contributed by atoms with Crippen LogP contribution in [0, 0.1) is 0 Å². The Bertz CT molecular complexity index is 332. The second kappa shape index (κ2) is 4.89. The molecule has 2 rings (SSSR count). The maximum atomic E-state index is 2.46. The molecule has 1 nitrogen and oxygen atoms in total. The molecule has 1 aromatic carbocycles. The van der Waals surface area contributed by atoms with Crippen LogP contribution in [-0.2, 0) is 6.54 Å². The first-order chi connectivity index (χ1) is 6.90. The molecule has 0 saturated carbocycles. The fourth-order valence-electron chi connectivity index (χ4n) is 1.56. The lowest BCUT2D eigenvalue weighted by Gasteiger charge is -1.99. The van der Waals surface area contributed by atoms with Gasteiger partial charge in [-0.05, 0) is 18.0 Å². The van der Waals surface area contributed by atoms with Crippen LogP contribution >= 0.6 is 23.5 Å². The van der Waals surface area contributed by atoms with Crippen LogP contribution in [0.2, 0.25) is 0 Å². The van der Waals surface area contributed by atoms with E-state index in [0.717, 1.165) is 6.54 Å². The molecule has 1 aromatic rings. The van der Waals surface area contributed by atoms with Crippen LogP contribution in [0.15, 0.2) is 30.3 Å². The van der Waals surface area contributed by atoms with Crippen LogP contribution in [0.3, 0.4) is 0 Å². The van der Waals surface area contributed by atoms with Crippen molar-refractivity contribution in [1.82, 2.24) is 0 Å². The Morgan fingerprint density at radius 1 is 1.36 bits per heavy atom. The first-order valence-corrected chi connectivity index (χ1v) is 6.94. The summed E-state index contributed by atoms with van der Waals surface area (Å²) in [4.78, 5) is 0. The molecule has 14 heavy (non-hydrogen) atoms. The van der Waals surface area contributed by atoms with Crippen LogP contribution < -0.4 is 0 Å². The van der Waals surface area contributed by atoms with Gasteiger partial charge in [0.05, 0.1) is 5.75 Å². The van der Waals surface area contributed by atoms with E-state index in [2.05, 4.69) is 41.2 Å². The Morgan fingerprint density at radius 2 is 2.14 bits per heavy atom. The fraction of sp³-hybridized carbons (Fsp3) is 0.364. The fourth-order valence-corrected chi connectivity index (χ4v) is 3.52. The van der Waals surface area contributed by atoms with E-state index in [4.69, 9.17) is 0 Å². The molecule has 0 bridgehead atoms. The van der Waals surface area contributed by atoms with E-state index in [1.54, 1.807) is 0 Å². The predicted molar refractivity (Wildman–Crippen MR) is 66.3 cm³/mol. The summed E-state index contributed by atoms with van der Waals surface area (Å²) in [6.07, 6.45) is 2.16. The third-order valence-corrected chi connectivity index (χ3v) is 4.59. The van der Waals surface area contributed by atoms with Crippen molar-refractivity contribution in [2.45, 2.75) is 6.54 Å². The number of hydrogen-bond donors (Lipinski definition) is 0. The van der Waals surface area contributed by atoms with Gasteiger partial charge in [-0.1, -0.05) is 42.1 Å². The van der Waals surface area contributed by atoms with Gasteiger partial charge >= 0.3 is 0 Å². The molecule has 0 fully saturated rings. The van der Waals surface area contributed by atoms with Gasteiger partial charge < -0.3 is 0 Å². The summed E-state index contributed by atoms with van der Waals surface area (Å²) in [5, 5.41) is 0. The summed E-state index contributed by atoms with van der Waals surface area (Å²) in [6.45, 7) is 2.25. The Labute approximate surface area is 93.6 Å². The maximum absolute atomic E-state index is 2.46. The number of hydrogen-bond acceptors (Lipinski definition) is 2. The lowest BCUT2D eigenvalue weighted by Crippen LogP contribution is -2.12. The van der Waals surface area contributed by atoms with E-state index in [0.29, 0.717) is 0 Å². The highest BCUT2D eigenvalue weighted by molar-refractivity contribution is 8.38.